The number of hydrogen-bond donors (Lipinski definition) is 1. The van der Waals surface area contributed by atoms with E-state index in [1.807, 2.05) is 18.2 Å². The highest BCUT2D eigenvalue weighted by Crippen LogP contribution is 2.37. The van der Waals surface area contributed by atoms with E-state index in [4.69, 9.17) is 15.2 Å². The molecule has 0 fully saturated rings. The summed E-state index contributed by atoms with van der Waals surface area (Å²) in [6, 6.07) is 7.27. The molecule has 0 aliphatic rings. The number of anilines is 1. The van der Waals surface area contributed by atoms with Crippen LogP contribution in [0.15, 0.2) is 24.3 Å². The Labute approximate surface area is 106 Å². The summed E-state index contributed by atoms with van der Waals surface area (Å²) < 4.78 is 10.7. The van der Waals surface area contributed by atoms with E-state index < -0.39 is 0 Å². The highest BCUT2D eigenvalue weighted by Gasteiger charge is 2.14. The summed E-state index contributed by atoms with van der Waals surface area (Å²) in [4.78, 5) is 8.43. The number of methoxy groups -OCH3 is 2. The number of nitrogens with zero attached hydrogens (tertiary/aromatic N) is 2. The van der Waals surface area contributed by atoms with Gasteiger partial charge in [-0.2, -0.15) is 0 Å². The quantitative estimate of drug-likeness (QED) is 0.896. The second-order valence-corrected chi connectivity index (χ2v) is 3.76. The van der Waals surface area contributed by atoms with Gasteiger partial charge in [0.1, 0.15) is 23.1 Å². The molecule has 2 aromatic rings. The van der Waals surface area contributed by atoms with E-state index in [1.54, 1.807) is 27.2 Å². The first kappa shape index (κ1) is 12.2. The first-order valence-electron chi connectivity index (χ1n) is 5.48. The summed E-state index contributed by atoms with van der Waals surface area (Å²) in [5.41, 5.74) is 7.21. The van der Waals surface area contributed by atoms with Crippen molar-refractivity contribution in [1.29, 1.82) is 0 Å². The second kappa shape index (κ2) is 4.91. The van der Waals surface area contributed by atoms with Gasteiger partial charge >= 0.3 is 0 Å². The van der Waals surface area contributed by atoms with Crippen LogP contribution in [-0.2, 0) is 0 Å². The maximum absolute atomic E-state index is 5.75. The zero-order valence-corrected chi connectivity index (χ0v) is 10.6. The van der Waals surface area contributed by atoms with Gasteiger partial charge in [-0.05, 0) is 19.1 Å². The van der Waals surface area contributed by atoms with Crippen LogP contribution < -0.4 is 15.2 Å². The third-order valence-electron chi connectivity index (χ3n) is 2.54. The first-order valence-corrected chi connectivity index (χ1v) is 5.48. The molecule has 2 rings (SSSR count). The number of nitrogen functional groups attached to an aromatic ring is 1. The fourth-order valence-corrected chi connectivity index (χ4v) is 1.82. The number of rotatable bonds is 3. The molecule has 0 amide bonds. The van der Waals surface area contributed by atoms with E-state index in [0.29, 0.717) is 28.8 Å². The minimum atomic E-state index is 0.422. The van der Waals surface area contributed by atoms with Crippen molar-refractivity contribution in [3.63, 3.8) is 0 Å². The van der Waals surface area contributed by atoms with E-state index in [0.717, 1.165) is 5.56 Å². The molecule has 0 bridgehead atoms. The molecule has 0 aliphatic carbocycles. The van der Waals surface area contributed by atoms with Crippen LogP contribution in [0.25, 0.3) is 11.3 Å². The van der Waals surface area contributed by atoms with Crippen LogP contribution in [0.2, 0.25) is 0 Å². The molecule has 1 aromatic heterocycles. The third-order valence-corrected chi connectivity index (χ3v) is 2.54. The Morgan fingerprint density at radius 2 is 1.67 bits per heavy atom. The first-order chi connectivity index (χ1) is 8.65. The number of aryl methyl sites for hydroxylation is 1. The molecule has 0 spiro atoms. The fourth-order valence-electron chi connectivity index (χ4n) is 1.82. The highest BCUT2D eigenvalue weighted by molar-refractivity contribution is 5.75. The molecular weight excluding hydrogens is 230 g/mol. The number of hydrogen-bond acceptors (Lipinski definition) is 5. The minimum absolute atomic E-state index is 0.422. The molecule has 5 heteroatoms. The standard InChI is InChI=1S/C13H15N3O2/c1-8-15-9(7-12(14)16-8)13-10(17-2)5-4-6-11(13)18-3/h4-7H,1-3H3,(H2,14,15,16). The highest BCUT2D eigenvalue weighted by atomic mass is 16.5. The van der Waals surface area contributed by atoms with Crippen molar-refractivity contribution in [3.8, 4) is 22.8 Å². The Bertz CT molecular complexity index is 528. The van der Waals surface area contributed by atoms with Crippen molar-refractivity contribution in [2.75, 3.05) is 20.0 Å². The third kappa shape index (κ3) is 2.20. The summed E-state index contributed by atoms with van der Waals surface area (Å²) in [7, 11) is 3.21. The van der Waals surface area contributed by atoms with Gasteiger partial charge in [0.25, 0.3) is 0 Å². The lowest BCUT2D eigenvalue weighted by Gasteiger charge is -2.13. The average molecular weight is 245 g/mol. The average Bonchev–Trinajstić information content (AvgIpc) is 2.36. The van der Waals surface area contributed by atoms with Crippen LogP contribution in [-0.4, -0.2) is 24.2 Å². The zero-order valence-electron chi connectivity index (χ0n) is 10.6. The minimum Gasteiger partial charge on any atom is -0.496 e. The van der Waals surface area contributed by atoms with E-state index in [1.165, 1.54) is 0 Å². The van der Waals surface area contributed by atoms with Gasteiger partial charge < -0.3 is 15.2 Å². The van der Waals surface area contributed by atoms with Crippen molar-refractivity contribution in [2.45, 2.75) is 6.92 Å². The molecule has 0 aliphatic heterocycles. The van der Waals surface area contributed by atoms with Gasteiger partial charge in [0.05, 0.1) is 25.5 Å². The molecule has 18 heavy (non-hydrogen) atoms. The van der Waals surface area contributed by atoms with Gasteiger partial charge in [-0.3, -0.25) is 0 Å². The Morgan fingerprint density at radius 1 is 1.06 bits per heavy atom. The van der Waals surface area contributed by atoms with E-state index >= 15 is 0 Å². The van der Waals surface area contributed by atoms with Crippen molar-refractivity contribution in [3.05, 3.63) is 30.1 Å². The van der Waals surface area contributed by atoms with Gasteiger partial charge in [-0.25, -0.2) is 9.97 Å². The molecule has 5 nitrogen and oxygen atoms in total. The largest absolute Gasteiger partial charge is 0.496 e. The second-order valence-electron chi connectivity index (χ2n) is 3.76. The fraction of sp³-hybridized carbons (Fsp3) is 0.231. The molecule has 0 saturated carbocycles. The predicted octanol–water partition coefficient (Wildman–Crippen LogP) is 2.05. The monoisotopic (exact) mass is 245 g/mol. The van der Waals surface area contributed by atoms with Crippen LogP contribution in [0, 0.1) is 6.92 Å². The van der Waals surface area contributed by atoms with Gasteiger partial charge in [0, 0.05) is 6.07 Å². The Balaban J connectivity index is 2.68. The molecule has 1 heterocycles. The summed E-state index contributed by atoms with van der Waals surface area (Å²) in [6.07, 6.45) is 0. The number of nitrogens with two attached hydrogens (primary N) is 1. The van der Waals surface area contributed by atoms with E-state index in [2.05, 4.69) is 9.97 Å². The normalized spacial score (nSPS) is 10.2. The molecule has 2 N–H and O–H groups in total. The van der Waals surface area contributed by atoms with Crippen LogP contribution in [0.5, 0.6) is 11.5 Å². The molecule has 94 valence electrons. The lowest BCUT2D eigenvalue weighted by molar-refractivity contribution is 0.397. The molecule has 0 atom stereocenters. The predicted molar refractivity (Wildman–Crippen MR) is 69.7 cm³/mol. The molecular formula is C13H15N3O2. The molecule has 1 aromatic carbocycles. The maximum atomic E-state index is 5.75. The summed E-state index contributed by atoms with van der Waals surface area (Å²) in [6.45, 7) is 1.79. The SMILES string of the molecule is COc1cccc(OC)c1-c1cc(N)nc(C)n1. The van der Waals surface area contributed by atoms with Gasteiger partial charge in [0.2, 0.25) is 0 Å². The van der Waals surface area contributed by atoms with Crippen molar-refractivity contribution >= 4 is 5.82 Å². The van der Waals surface area contributed by atoms with Crippen molar-refractivity contribution in [2.24, 2.45) is 0 Å². The summed E-state index contributed by atoms with van der Waals surface area (Å²) >= 11 is 0. The van der Waals surface area contributed by atoms with Gasteiger partial charge in [-0.15, -0.1) is 0 Å². The van der Waals surface area contributed by atoms with Crippen LogP contribution in [0.3, 0.4) is 0 Å². The smallest absolute Gasteiger partial charge is 0.132 e. The summed E-state index contributed by atoms with van der Waals surface area (Å²) in [5, 5.41) is 0. The van der Waals surface area contributed by atoms with Crippen molar-refractivity contribution < 1.29 is 9.47 Å². The number of ether oxygens (including phenoxy) is 2. The van der Waals surface area contributed by atoms with Crippen LogP contribution in [0.1, 0.15) is 5.82 Å². The van der Waals surface area contributed by atoms with Crippen LogP contribution >= 0.6 is 0 Å². The Kier molecular flexibility index (Phi) is 3.32. The maximum Gasteiger partial charge on any atom is 0.132 e. The Morgan fingerprint density at radius 3 is 2.17 bits per heavy atom. The van der Waals surface area contributed by atoms with Crippen molar-refractivity contribution in [1.82, 2.24) is 9.97 Å². The topological polar surface area (TPSA) is 70.3 Å². The Hall–Kier alpha value is -2.30. The van der Waals surface area contributed by atoms with E-state index in [9.17, 15) is 0 Å². The zero-order chi connectivity index (χ0) is 13.1. The molecule has 0 unspecified atom stereocenters. The summed E-state index contributed by atoms with van der Waals surface area (Å²) in [5.74, 6) is 2.40. The lowest BCUT2D eigenvalue weighted by atomic mass is 10.1. The number of aromatic nitrogens is 2. The van der Waals surface area contributed by atoms with Gasteiger partial charge in [0.15, 0.2) is 0 Å². The van der Waals surface area contributed by atoms with Crippen LogP contribution in [0.4, 0.5) is 5.82 Å². The molecule has 0 radical (unpaired) electrons. The number of benzene rings is 1. The molecule has 0 saturated heterocycles. The van der Waals surface area contributed by atoms with E-state index in [-0.39, 0.29) is 0 Å². The van der Waals surface area contributed by atoms with Gasteiger partial charge in [-0.1, -0.05) is 6.07 Å². The lowest BCUT2D eigenvalue weighted by Crippen LogP contribution is -2.00.